The molecule has 1 N–H and O–H groups in total. The summed E-state index contributed by atoms with van der Waals surface area (Å²) in [6.45, 7) is 3.07. The molecule has 120 valence electrons. The summed E-state index contributed by atoms with van der Waals surface area (Å²) in [6, 6.07) is 0. The SMILES string of the molecule is CN=C(NCc1nncn1C)N(C)CCOCC1CC1.I. The summed E-state index contributed by atoms with van der Waals surface area (Å²) in [7, 11) is 5.71. The molecule has 0 unspecified atom stereocenters. The van der Waals surface area contributed by atoms with Crippen LogP contribution in [0.25, 0.3) is 0 Å². The van der Waals surface area contributed by atoms with Gasteiger partial charge < -0.3 is 19.5 Å². The lowest BCUT2D eigenvalue weighted by molar-refractivity contribution is 0.115. The topological polar surface area (TPSA) is 67.6 Å². The van der Waals surface area contributed by atoms with E-state index in [9.17, 15) is 0 Å². The predicted molar refractivity (Wildman–Crippen MR) is 92.8 cm³/mol. The fraction of sp³-hybridized carbons (Fsp3) is 0.769. The molecule has 21 heavy (non-hydrogen) atoms. The van der Waals surface area contributed by atoms with Crippen molar-refractivity contribution in [3.63, 3.8) is 0 Å². The number of rotatable bonds is 7. The third kappa shape index (κ3) is 6.16. The van der Waals surface area contributed by atoms with Crippen LogP contribution in [0.3, 0.4) is 0 Å². The Morgan fingerprint density at radius 2 is 2.33 bits per heavy atom. The van der Waals surface area contributed by atoms with Crippen LogP contribution in [-0.4, -0.2) is 59.5 Å². The van der Waals surface area contributed by atoms with Crippen molar-refractivity contribution in [3.05, 3.63) is 12.2 Å². The average molecular weight is 408 g/mol. The van der Waals surface area contributed by atoms with E-state index in [2.05, 4.69) is 25.4 Å². The number of hydrogen-bond donors (Lipinski definition) is 1. The van der Waals surface area contributed by atoms with Gasteiger partial charge in [0.25, 0.3) is 0 Å². The molecule has 1 aliphatic carbocycles. The fourth-order valence-corrected chi connectivity index (χ4v) is 1.85. The van der Waals surface area contributed by atoms with Gasteiger partial charge in [0.1, 0.15) is 6.33 Å². The van der Waals surface area contributed by atoms with Crippen molar-refractivity contribution in [2.45, 2.75) is 19.4 Å². The first kappa shape index (κ1) is 18.1. The minimum absolute atomic E-state index is 0. The second-order valence-corrected chi connectivity index (χ2v) is 5.20. The summed E-state index contributed by atoms with van der Waals surface area (Å²) in [6.07, 6.45) is 4.35. The lowest BCUT2D eigenvalue weighted by Gasteiger charge is -2.21. The monoisotopic (exact) mass is 408 g/mol. The van der Waals surface area contributed by atoms with Crippen LogP contribution in [0.2, 0.25) is 0 Å². The normalized spacial score (nSPS) is 14.7. The van der Waals surface area contributed by atoms with Crippen LogP contribution < -0.4 is 5.32 Å². The molecule has 0 saturated heterocycles. The number of guanidine groups is 1. The smallest absolute Gasteiger partial charge is 0.193 e. The molecule has 0 amide bonds. The standard InChI is InChI=1S/C13H24N6O.HI/c1-14-13(15-8-12-17-16-10-19(12)3)18(2)6-7-20-9-11-4-5-11;/h10-11H,4-9H2,1-3H3,(H,14,15);1H. The third-order valence-corrected chi connectivity index (χ3v) is 3.40. The maximum atomic E-state index is 5.64. The van der Waals surface area contributed by atoms with E-state index < -0.39 is 0 Å². The third-order valence-electron chi connectivity index (χ3n) is 3.40. The number of hydrogen-bond acceptors (Lipinski definition) is 4. The molecule has 1 aromatic heterocycles. The quantitative estimate of drug-likeness (QED) is 0.314. The summed E-state index contributed by atoms with van der Waals surface area (Å²) in [4.78, 5) is 6.32. The van der Waals surface area contributed by atoms with Crippen LogP contribution in [0, 0.1) is 5.92 Å². The Hall–Kier alpha value is -0.900. The first-order valence-corrected chi connectivity index (χ1v) is 7.03. The van der Waals surface area contributed by atoms with Crippen molar-refractivity contribution in [1.29, 1.82) is 0 Å². The molecular weight excluding hydrogens is 383 g/mol. The lowest BCUT2D eigenvalue weighted by Crippen LogP contribution is -2.40. The first-order valence-electron chi connectivity index (χ1n) is 7.03. The van der Waals surface area contributed by atoms with Gasteiger partial charge in [0.05, 0.1) is 13.2 Å². The lowest BCUT2D eigenvalue weighted by atomic mass is 10.5. The zero-order valence-electron chi connectivity index (χ0n) is 12.9. The number of likely N-dealkylation sites (N-methyl/N-ethyl adjacent to an activating group) is 1. The van der Waals surface area contributed by atoms with Gasteiger partial charge in [-0.2, -0.15) is 0 Å². The number of aromatic nitrogens is 3. The molecule has 0 aromatic carbocycles. The Morgan fingerprint density at radius 3 is 2.90 bits per heavy atom. The molecule has 2 rings (SSSR count). The molecule has 1 aliphatic rings. The Kier molecular flexibility index (Phi) is 7.94. The molecule has 8 heteroatoms. The highest BCUT2D eigenvalue weighted by atomic mass is 127. The van der Waals surface area contributed by atoms with E-state index in [0.29, 0.717) is 6.54 Å². The summed E-state index contributed by atoms with van der Waals surface area (Å²) in [5.74, 6) is 2.53. The number of aryl methyl sites for hydroxylation is 1. The summed E-state index contributed by atoms with van der Waals surface area (Å²) in [5.41, 5.74) is 0. The number of ether oxygens (including phenoxy) is 1. The zero-order valence-corrected chi connectivity index (χ0v) is 15.3. The molecule has 0 atom stereocenters. The van der Waals surface area contributed by atoms with E-state index >= 15 is 0 Å². The van der Waals surface area contributed by atoms with Crippen molar-refractivity contribution in [1.82, 2.24) is 25.0 Å². The average Bonchev–Trinajstić information content (AvgIpc) is 3.18. The molecule has 0 spiro atoms. The van der Waals surface area contributed by atoms with Crippen molar-refractivity contribution >= 4 is 29.9 Å². The van der Waals surface area contributed by atoms with E-state index in [1.54, 1.807) is 13.4 Å². The maximum absolute atomic E-state index is 5.64. The Morgan fingerprint density at radius 1 is 1.57 bits per heavy atom. The summed E-state index contributed by atoms with van der Waals surface area (Å²) in [5, 5.41) is 11.2. The van der Waals surface area contributed by atoms with Gasteiger partial charge in [-0.3, -0.25) is 4.99 Å². The van der Waals surface area contributed by atoms with Gasteiger partial charge in [0.2, 0.25) is 0 Å². The highest BCUT2D eigenvalue weighted by Gasteiger charge is 2.21. The molecule has 0 bridgehead atoms. The minimum atomic E-state index is 0. The van der Waals surface area contributed by atoms with E-state index in [-0.39, 0.29) is 24.0 Å². The minimum Gasteiger partial charge on any atom is -0.379 e. The predicted octanol–water partition coefficient (Wildman–Crippen LogP) is 0.867. The second-order valence-electron chi connectivity index (χ2n) is 5.20. The molecule has 1 aromatic rings. The van der Waals surface area contributed by atoms with Crippen LogP contribution >= 0.6 is 24.0 Å². The van der Waals surface area contributed by atoms with Gasteiger partial charge in [-0.1, -0.05) is 0 Å². The Bertz CT molecular complexity index is 446. The van der Waals surface area contributed by atoms with Gasteiger partial charge in [0.15, 0.2) is 11.8 Å². The molecule has 0 aliphatic heterocycles. The van der Waals surface area contributed by atoms with Crippen molar-refractivity contribution in [3.8, 4) is 0 Å². The van der Waals surface area contributed by atoms with Crippen LogP contribution in [0.1, 0.15) is 18.7 Å². The zero-order chi connectivity index (χ0) is 14.4. The molecule has 0 radical (unpaired) electrons. The molecule has 1 heterocycles. The maximum Gasteiger partial charge on any atom is 0.193 e. The van der Waals surface area contributed by atoms with Gasteiger partial charge in [-0.25, -0.2) is 0 Å². The van der Waals surface area contributed by atoms with Crippen molar-refractivity contribution in [2.24, 2.45) is 18.0 Å². The number of aliphatic imine (C=N–C) groups is 1. The van der Waals surface area contributed by atoms with E-state index in [0.717, 1.165) is 37.5 Å². The van der Waals surface area contributed by atoms with Gasteiger partial charge >= 0.3 is 0 Å². The van der Waals surface area contributed by atoms with Crippen LogP contribution in [-0.2, 0) is 18.3 Å². The van der Waals surface area contributed by atoms with Crippen LogP contribution in [0.4, 0.5) is 0 Å². The summed E-state index contributed by atoms with van der Waals surface area (Å²) >= 11 is 0. The van der Waals surface area contributed by atoms with Crippen molar-refractivity contribution < 1.29 is 4.74 Å². The Labute approximate surface area is 143 Å². The molecule has 1 saturated carbocycles. The highest BCUT2D eigenvalue weighted by molar-refractivity contribution is 14.0. The Balaban J connectivity index is 0.00000220. The van der Waals surface area contributed by atoms with Gasteiger partial charge in [-0.15, -0.1) is 34.2 Å². The van der Waals surface area contributed by atoms with E-state index in [1.165, 1.54) is 12.8 Å². The van der Waals surface area contributed by atoms with E-state index in [1.807, 2.05) is 18.7 Å². The van der Waals surface area contributed by atoms with Crippen LogP contribution in [0.15, 0.2) is 11.3 Å². The van der Waals surface area contributed by atoms with E-state index in [4.69, 9.17) is 4.74 Å². The van der Waals surface area contributed by atoms with Crippen molar-refractivity contribution in [2.75, 3.05) is 33.9 Å². The van der Waals surface area contributed by atoms with Crippen LogP contribution in [0.5, 0.6) is 0 Å². The summed E-state index contributed by atoms with van der Waals surface area (Å²) < 4.78 is 7.53. The number of nitrogens with one attached hydrogen (secondary N) is 1. The first-order chi connectivity index (χ1) is 9.70. The highest BCUT2D eigenvalue weighted by Crippen LogP contribution is 2.28. The molecular formula is C13H25IN6O. The number of halogens is 1. The van der Waals surface area contributed by atoms with Gasteiger partial charge in [-0.05, 0) is 18.8 Å². The molecule has 1 fully saturated rings. The fourth-order valence-electron chi connectivity index (χ4n) is 1.85. The van der Waals surface area contributed by atoms with Gasteiger partial charge in [0, 0.05) is 34.3 Å². The molecule has 7 nitrogen and oxygen atoms in total. The largest absolute Gasteiger partial charge is 0.379 e. The second kappa shape index (κ2) is 9.19. The number of nitrogens with zero attached hydrogens (tertiary/aromatic N) is 5.